The average Bonchev–Trinajstić information content (AvgIpc) is 2.66. The zero-order valence-corrected chi connectivity index (χ0v) is 10.2. The van der Waals surface area contributed by atoms with Gasteiger partial charge in [-0.2, -0.15) is 0 Å². The summed E-state index contributed by atoms with van der Waals surface area (Å²) in [4.78, 5) is 24.8. The van der Waals surface area contributed by atoms with Crippen molar-refractivity contribution in [3.05, 3.63) is 58.9 Å². The highest BCUT2D eigenvalue weighted by atomic mass is 19.2. The molecule has 0 fully saturated rings. The van der Waals surface area contributed by atoms with Gasteiger partial charge in [0, 0.05) is 6.07 Å². The van der Waals surface area contributed by atoms with E-state index in [1.54, 1.807) is 0 Å². The molecule has 1 aliphatic heterocycles. The second-order valence-corrected chi connectivity index (χ2v) is 4.39. The molecule has 0 radical (unpaired) electrons. The molecule has 7 heteroatoms. The fourth-order valence-corrected chi connectivity index (χ4v) is 2.10. The Morgan fingerprint density at radius 2 is 1.33 bits per heavy atom. The van der Waals surface area contributed by atoms with Gasteiger partial charge in [-0.1, -0.05) is 0 Å². The van der Waals surface area contributed by atoms with Crippen molar-refractivity contribution in [3.63, 3.8) is 0 Å². The van der Waals surface area contributed by atoms with Crippen LogP contribution in [0.3, 0.4) is 0 Å². The minimum absolute atomic E-state index is 0.141. The van der Waals surface area contributed by atoms with E-state index >= 15 is 0 Å². The van der Waals surface area contributed by atoms with Crippen molar-refractivity contribution >= 4 is 17.5 Å². The van der Waals surface area contributed by atoms with Gasteiger partial charge in [0.25, 0.3) is 11.8 Å². The van der Waals surface area contributed by atoms with E-state index in [0.29, 0.717) is 17.0 Å². The Hall–Kier alpha value is -2.83. The van der Waals surface area contributed by atoms with Crippen LogP contribution in [0.1, 0.15) is 20.7 Å². The van der Waals surface area contributed by atoms with Crippen LogP contribution in [-0.4, -0.2) is 16.9 Å². The summed E-state index contributed by atoms with van der Waals surface area (Å²) in [5.41, 5.74) is -0.739. The van der Waals surface area contributed by atoms with Gasteiger partial charge in [0.2, 0.25) is 0 Å². The molecule has 2 aromatic rings. The quantitative estimate of drug-likeness (QED) is 0.822. The van der Waals surface area contributed by atoms with Gasteiger partial charge in [0.05, 0.1) is 16.8 Å². The van der Waals surface area contributed by atoms with Gasteiger partial charge in [-0.25, -0.2) is 18.1 Å². The fourth-order valence-electron chi connectivity index (χ4n) is 2.10. The largest absolute Gasteiger partial charge is 0.505 e. The van der Waals surface area contributed by atoms with Crippen LogP contribution in [0.4, 0.5) is 18.9 Å². The van der Waals surface area contributed by atoms with Crippen molar-refractivity contribution in [2.24, 2.45) is 0 Å². The predicted molar refractivity (Wildman–Crippen MR) is 65.6 cm³/mol. The van der Waals surface area contributed by atoms with Crippen LogP contribution < -0.4 is 4.90 Å². The number of carbonyl (C=O) groups is 2. The lowest BCUT2D eigenvalue weighted by Gasteiger charge is -2.13. The number of imide groups is 1. The topological polar surface area (TPSA) is 57.6 Å². The Morgan fingerprint density at radius 3 is 1.81 bits per heavy atom. The lowest BCUT2D eigenvalue weighted by Crippen LogP contribution is -2.29. The Kier molecular flexibility index (Phi) is 2.72. The molecule has 3 rings (SSSR count). The standard InChI is InChI=1S/C14H6F3NO3/c15-9-4-7-8(5-10(9)16)14(21)18(13(7)20)6-1-2-12(19)11(17)3-6/h1-5,19H. The monoisotopic (exact) mass is 293 g/mol. The molecule has 106 valence electrons. The molecular formula is C14H6F3NO3. The van der Waals surface area contributed by atoms with E-state index in [4.69, 9.17) is 5.11 Å². The number of halogens is 3. The SMILES string of the molecule is O=C1c2cc(F)c(F)cc2C(=O)N1c1ccc(O)c(F)c1. The van der Waals surface area contributed by atoms with Crippen LogP contribution in [0, 0.1) is 17.5 Å². The summed E-state index contributed by atoms with van der Waals surface area (Å²) in [6, 6.07) is 4.15. The number of hydrogen-bond donors (Lipinski definition) is 1. The minimum Gasteiger partial charge on any atom is -0.505 e. The highest BCUT2D eigenvalue weighted by Crippen LogP contribution is 2.31. The van der Waals surface area contributed by atoms with Crippen LogP contribution in [0.25, 0.3) is 0 Å². The number of fused-ring (bicyclic) bond motifs is 1. The van der Waals surface area contributed by atoms with Crippen molar-refractivity contribution in [2.75, 3.05) is 4.90 Å². The molecule has 0 bridgehead atoms. The number of hydrogen-bond acceptors (Lipinski definition) is 3. The van der Waals surface area contributed by atoms with E-state index < -0.39 is 35.0 Å². The van der Waals surface area contributed by atoms with Crippen molar-refractivity contribution < 1.29 is 27.9 Å². The van der Waals surface area contributed by atoms with Gasteiger partial charge < -0.3 is 5.11 Å². The summed E-state index contributed by atoms with van der Waals surface area (Å²) in [7, 11) is 0. The molecule has 1 aliphatic rings. The van der Waals surface area contributed by atoms with Gasteiger partial charge in [0.15, 0.2) is 23.2 Å². The molecule has 2 aromatic carbocycles. The number of phenolic OH excluding ortho intramolecular Hbond substituents is 1. The average molecular weight is 293 g/mol. The van der Waals surface area contributed by atoms with Gasteiger partial charge in [-0.15, -0.1) is 0 Å². The first-order valence-electron chi connectivity index (χ1n) is 5.76. The Morgan fingerprint density at radius 1 is 0.810 bits per heavy atom. The number of rotatable bonds is 1. The first-order valence-corrected chi connectivity index (χ1v) is 5.76. The normalized spacial score (nSPS) is 13.8. The molecule has 0 unspecified atom stereocenters. The molecule has 1 N–H and O–H groups in total. The van der Waals surface area contributed by atoms with Crippen molar-refractivity contribution in [1.29, 1.82) is 0 Å². The number of amides is 2. The molecule has 0 saturated carbocycles. The third kappa shape index (κ3) is 1.85. The maximum atomic E-state index is 13.3. The molecule has 4 nitrogen and oxygen atoms in total. The molecule has 0 atom stereocenters. The van der Waals surface area contributed by atoms with Crippen molar-refractivity contribution in [3.8, 4) is 5.75 Å². The van der Waals surface area contributed by atoms with E-state index in [0.717, 1.165) is 18.2 Å². The van der Waals surface area contributed by atoms with E-state index in [1.165, 1.54) is 0 Å². The van der Waals surface area contributed by atoms with E-state index in [1.807, 2.05) is 0 Å². The Balaban J connectivity index is 2.13. The highest BCUT2D eigenvalue weighted by Gasteiger charge is 2.38. The van der Waals surface area contributed by atoms with E-state index in [9.17, 15) is 22.8 Å². The molecule has 0 saturated heterocycles. The molecular weight excluding hydrogens is 287 g/mol. The number of carbonyl (C=O) groups excluding carboxylic acids is 2. The summed E-state index contributed by atoms with van der Waals surface area (Å²) in [6.07, 6.45) is 0. The second kappa shape index (κ2) is 4.34. The Bertz CT molecular complexity index is 763. The predicted octanol–water partition coefficient (Wildman–Crippen LogP) is 2.61. The first kappa shape index (κ1) is 13.2. The number of aromatic hydroxyl groups is 1. The van der Waals surface area contributed by atoms with Gasteiger partial charge in [0.1, 0.15) is 0 Å². The van der Waals surface area contributed by atoms with E-state index in [2.05, 4.69) is 0 Å². The molecule has 0 spiro atoms. The van der Waals surface area contributed by atoms with Gasteiger partial charge in [-0.05, 0) is 24.3 Å². The van der Waals surface area contributed by atoms with Crippen LogP contribution in [0.15, 0.2) is 30.3 Å². The van der Waals surface area contributed by atoms with Crippen LogP contribution >= 0.6 is 0 Å². The van der Waals surface area contributed by atoms with Crippen LogP contribution in [-0.2, 0) is 0 Å². The summed E-state index contributed by atoms with van der Waals surface area (Å²) >= 11 is 0. The zero-order chi connectivity index (χ0) is 15.3. The van der Waals surface area contributed by atoms with Crippen LogP contribution in [0.5, 0.6) is 5.75 Å². The summed E-state index contributed by atoms with van der Waals surface area (Å²) in [5, 5.41) is 9.10. The molecule has 2 amide bonds. The fraction of sp³-hybridized carbons (Fsp3) is 0. The third-order valence-electron chi connectivity index (χ3n) is 3.12. The van der Waals surface area contributed by atoms with Crippen molar-refractivity contribution in [2.45, 2.75) is 0 Å². The van der Waals surface area contributed by atoms with Crippen molar-refractivity contribution in [1.82, 2.24) is 0 Å². The first-order chi connectivity index (χ1) is 9.90. The number of phenols is 1. The number of anilines is 1. The molecule has 0 aliphatic carbocycles. The minimum atomic E-state index is -1.26. The summed E-state index contributed by atoms with van der Waals surface area (Å²) in [5.74, 6) is -5.96. The molecule has 0 aromatic heterocycles. The molecule has 21 heavy (non-hydrogen) atoms. The number of benzene rings is 2. The molecule has 1 heterocycles. The second-order valence-electron chi connectivity index (χ2n) is 4.39. The lowest BCUT2D eigenvalue weighted by molar-refractivity contribution is 0.0926. The number of nitrogens with zero attached hydrogens (tertiary/aromatic N) is 1. The highest BCUT2D eigenvalue weighted by molar-refractivity contribution is 6.34. The van der Waals surface area contributed by atoms with Gasteiger partial charge >= 0.3 is 0 Å². The van der Waals surface area contributed by atoms with Gasteiger partial charge in [-0.3, -0.25) is 9.59 Å². The van der Waals surface area contributed by atoms with Crippen LogP contribution in [0.2, 0.25) is 0 Å². The summed E-state index contributed by atoms with van der Waals surface area (Å²) in [6.45, 7) is 0. The zero-order valence-electron chi connectivity index (χ0n) is 10.2. The maximum Gasteiger partial charge on any atom is 0.266 e. The lowest BCUT2D eigenvalue weighted by atomic mass is 10.1. The maximum absolute atomic E-state index is 13.3. The smallest absolute Gasteiger partial charge is 0.266 e. The Labute approximate surface area is 116 Å². The van der Waals surface area contributed by atoms with E-state index in [-0.39, 0.29) is 16.8 Å². The summed E-state index contributed by atoms with van der Waals surface area (Å²) < 4.78 is 39.7. The third-order valence-corrected chi connectivity index (χ3v) is 3.12.